The fraction of sp³-hybridized carbons (Fsp3) is 0.545. The largest absolute Gasteiger partial charge is 0.327 e. The van der Waals surface area contributed by atoms with Crippen molar-refractivity contribution in [1.29, 1.82) is 0 Å². The summed E-state index contributed by atoms with van der Waals surface area (Å²) in [4.78, 5) is 4.32. The molecule has 2 nitrogen and oxygen atoms in total. The van der Waals surface area contributed by atoms with Crippen LogP contribution in [0.25, 0.3) is 0 Å². The van der Waals surface area contributed by atoms with Crippen LogP contribution in [0.15, 0.2) is 24.4 Å². The van der Waals surface area contributed by atoms with Crippen molar-refractivity contribution in [3.63, 3.8) is 0 Å². The molecule has 0 radical (unpaired) electrons. The van der Waals surface area contributed by atoms with E-state index in [-0.39, 0.29) is 0 Å². The quantitative estimate of drug-likeness (QED) is 0.745. The molecule has 0 unspecified atom stereocenters. The molecular weight excluding hydrogens is 160 g/mol. The summed E-state index contributed by atoms with van der Waals surface area (Å²) in [5.41, 5.74) is 7.18. The van der Waals surface area contributed by atoms with Gasteiger partial charge in [0.05, 0.1) is 0 Å². The lowest BCUT2D eigenvalue weighted by molar-refractivity contribution is 0.474. The monoisotopic (exact) mass is 176 g/mol. The Morgan fingerprint density at radius 1 is 1.38 bits per heavy atom. The molecule has 2 N–H and O–H groups in total. The molecule has 13 heavy (non-hydrogen) atoms. The van der Waals surface area contributed by atoms with Gasteiger partial charge in [0.2, 0.25) is 0 Å². The Bertz CT molecular complexity index is 258. The molecule has 0 saturated heterocycles. The molecule has 0 bridgehead atoms. The minimum Gasteiger partial charge on any atom is -0.327 e. The van der Waals surface area contributed by atoms with Crippen molar-refractivity contribution < 1.29 is 0 Å². The SMILES string of the molecule is N[C@@H]1CCC[C@H]1Cc1ccccn1. The number of nitrogens with two attached hydrogens (primary N) is 1. The van der Waals surface area contributed by atoms with Gasteiger partial charge in [-0.25, -0.2) is 0 Å². The predicted octanol–water partition coefficient (Wildman–Crippen LogP) is 1.75. The third-order valence-corrected chi connectivity index (χ3v) is 2.92. The molecule has 0 amide bonds. The van der Waals surface area contributed by atoms with Gasteiger partial charge in [-0.2, -0.15) is 0 Å². The van der Waals surface area contributed by atoms with Crippen LogP contribution in [0.2, 0.25) is 0 Å². The second kappa shape index (κ2) is 3.88. The van der Waals surface area contributed by atoms with Gasteiger partial charge in [0.1, 0.15) is 0 Å². The van der Waals surface area contributed by atoms with Crippen LogP contribution in [0.5, 0.6) is 0 Å². The summed E-state index contributed by atoms with van der Waals surface area (Å²) in [7, 11) is 0. The normalized spacial score (nSPS) is 27.8. The molecule has 1 aliphatic carbocycles. The van der Waals surface area contributed by atoms with Gasteiger partial charge < -0.3 is 5.73 Å². The van der Waals surface area contributed by atoms with Crippen LogP contribution in [-0.2, 0) is 6.42 Å². The minimum atomic E-state index is 0.405. The Morgan fingerprint density at radius 3 is 2.92 bits per heavy atom. The second-order valence-electron chi connectivity index (χ2n) is 3.88. The summed E-state index contributed by atoms with van der Waals surface area (Å²) in [6, 6.07) is 6.49. The van der Waals surface area contributed by atoms with Gasteiger partial charge in [0, 0.05) is 17.9 Å². The van der Waals surface area contributed by atoms with Crippen molar-refractivity contribution in [2.75, 3.05) is 0 Å². The smallest absolute Gasteiger partial charge is 0.0406 e. The van der Waals surface area contributed by atoms with E-state index in [9.17, 15) is 0 Å². The summed E-state index contributed by atoms with van der Waals surface area (Å²) in [6.45, 7) is 0. The summed E-state index contributed by atoms with van der Waals surface area (Å²) in [5.74, 6) is 0.662. The van der Waals surface area contributed by atoms with Crippen LogP contribution in [0.3, 0.4) is 0 Å². The van der Waals surface area contributed by atoms with E-state index in [0.29, 0.717) is 12.0 Å². The van der Waals surface area contributed by atoms with Gasteiger partial charge in [-0.05, 0) is 37.3 Å². The molecule has 2 rings (SSSR count). The number of hydrogen-bond donors (Lipinski definition) is 1. The molecule has 2 atom stereocenters. The van der Waals surface area contributed by atoms with Crippen molar-refractivity contribution in [3.05, 3.63) is 30.1 Å². The van der Waals surface area contributed by atoms with E-state index in [2.05, 4.69) is 11.1 Å². The van der Waals surface area contributed by atoms with Crippen LogP contribution in [0.4, 0.5) is 0 Å². The molecule has 1 saturated carbocycles. The molecule has 1 heterocycles. The molecule has 1 fully saturated rings. The van der Waals surface area contributed by atoms with Crippen molar-refractivity contribution >= 4 is 0 Å². The van der Waals surface area contributed by atoms with Crippen LogP contribution < -0.4 is 5.73 Å². The Balaban J connectivity index is 1.98. The Kier molecular flexibility index (Phi) is 2.60. The van der Waals surface area contributed by atoms with Crippen LogP contribution in [0, 0.1) is 5.92 Å². The maximum Gasteiger partial charge on any atom is 0.0406 e. The molecule has 0 aliphatic heterocycles. The summed E-state index contributed by atoms with van der Waals surface area (Å²) in [6.07, 6.45) is 6.67. The van der Waals surface area contributed by atoms with Gasteiger partial charge in [-0.1, -0.05) is 12.5 Å². The number of hydrogen-bond acceptors (Lipinski definition) is 2. The first kappa shape index (κ1) is 8.70. The standard InChI is InChI=1S/C11H16N2/c12-11-6-3-4-9(11)8-10-5-1-2-7-13-10/h1-2,5,7,9,11H,3-4,6,8,12H2/t9-,11+/m0/s1. The van der Waals surface area contributed by atoms with Gasteiger partial charge >= 0.3 is 0 Å². The summed E-state index contributed by atoms with van der Waals surface area (Å²) < 4.78 is 0. The highest BCUT2D eigenvalue weighted by atomic mass is 14.7. The fourth-order valence-electron chi connectivity index (χ4n) is 2.11. The van der Waals surface area contributed by atoms with Gasteiger partial charge in [0.15, 0.2) is 0 Å². The Hall–Kier alpha value is -0.890. The zero-order valence-electron chi connectivity index (χ0n) is 7.82. The molecule has 2 heteroatoms. The number of rotatable bonds is 2. The zero-order chi connectivity index (χ0) is 9.10. The third kappa shape index (κ3) is 2.07. The van der Waals surface area contributed by atoms with Crippen LogP contribution >= 0.6 is 0 Å². The molecular formula is C11H16N2. The average Bonchev–Trinajstić information content (AvgIpc) is 2.54. The van der Waals surface area contributed by atoms with E-state index in [0.717, 1.165) is 6.42 Å². The molecule has 0 spiro atoms. The molecule has 1 aromatic rings. The van der Waals surface area contributed by atoms with E-state index in [4.69, 9.17) is 5.73 Å². The van der Waals surface area contributed by atoms with Crippen molar-refractivity contribution in [2.45, 2.75) is 31.7 Å². The van der Waals surface area contributed by atoms with Gasteiger partial charge in [0.25, 0.3) is 0 Å². The van der Waals surface area contributed by atoms with Gasteiger partial charge in [-0.3, -0.25) is 4.98 Å². The van der Waals surface area contributed by atoms with Crippen LogP contribution in [-0.4, -0.2) is 11.0 Å². The maximum atomic E-state index is 6.00. The van der Waals surface area contributed by atoms with Crippen molar-refractivity contribution in [3.8, 4) is 0 Å². The first-order valence-electron chi connectivity index (χ1n) is 5.02. The highest BCUT2D eigenvalue weighted by molar-refractivity contribution is 5.05. The molecule has 1 aliphatic rings. The number of aromatic nitrogens is 1. The average molecular weight is 176 g/mol. The van der Waals surface area contributed by atoms with E-state index in [1.165, 1.54) is 25.0 Å². The van der Waals surface area contributed by atoms with E-state index in [1.807, 2.05) is 18.3 Å². The Morgan fingerprint density at radius 2 is 2.31 bits per heavy atom. The fourth-order valence-corrected chi connectivity index (χ4v) is 2.11. The van der Waals surface area contributed by atoms with Gasteiger partial charge in [-0.15, -0.1) is 0 Å². The molecule has 0 aromatic carbocycles. The molecule has 70 valence electrons. The topological polar surface area (TPSA) is 38.9 Å². The van der Waals surface area contributed by atoms with Crippen LogP contribution in [0.1, 0.15) is 25.0 Å². The van der Waals surface area contributed by atoms with E-state index in [1.54, 1.807) is 0 Å². The first-order chi connectivity index (χ1) is 6.36. The highest BCUT2D eigenvalue weighted by Gasteiger charge is 2.23. The number of nitrogens with zero attached hydrogens (tertiary/aromatic N) is 1. The predicted molar refractivity (Wildman–Crippen MR) is 53.3 cm³/mol. The second-order valence-corrected chi connectivity index (χ2v) is 3.88. The molecule has 1 aromatic heterocycles. The lowest BCUT2D eigenvalue weighted by Crippen LogP contribution is -2.26. The zero-order valence-corrected chi connectivity index (χ0v) is 7.82. The highest BCUT2D eigenvalue weighted by Crippen LogP contribution is 2.26. The summed E-state index contributed by atoms with van der Waals surface area (Å²) in [5, 5.41) is 0. The van der Waals surface area contributed by atoms with Crippen molar-refractivity contribution in [2.24, 2.45) is 11.7 Å². The van der Waals surface area contributed by atoms with E-state index < -0.39 is 0 Å². The minimum absolute atomic E-state index is 0.405. The first-order valence-corrected chi connectivity index (χ1v) is 5.02. The van der Waals surface area contributed by atoms with Crippen molar-refractivity contribution in [1.82, 2.24) is 4.98 Å². The lowest BCUT2D eigenvalue weighted by Gasteiger charge is -2.13. The Labute approximate surface area is 79.2 Å². The number of pyridine rings is 1. The van der Waals surface area contributed by atoms with E-state index >= 15 is 0 Å². The third-order valence-electron chi connectivity index (χ3n) is 2.92. The maximum absolute atomic E-state index is 6.00. The lowest BCUT2D eigenvalue weighted by atomic mass is 9.98. The summed E-state index contributed by atoms with van der Waals surface area (Å²) >= 11 is 0.